The summed E-state index contributed by atoms with van der Waals surface area (Å²) in [6.45, 7) is 2.51. The number of rotatable bonds is 5. The lowest BCUT2D eigenvalue weighted by molar-refractivity contribution is 0.0918. The van der Waals surface area contributed by atoms with E-state index in [1.165, 1.54) is 0 Å². The highest BCUT2D eigenvalue weighted by molar-refractivity contribution is 6.16. The number of hydrogen-bond donors (Lipinski definition) is 0. The van der Waals surface area contributed by atoms with Gasteiger partial charge in [-0.3, -0.25) is 4.98 Å². The largest absolute Gasteiger partial charge is 0.487 e. The number of pyridine rings is 1. The average molecular weight is 216 g/mol. The van der Waals surface area contributed by atoms with Crippen LogP contribution in [-0.4, -0.2) is 24.8 Å². The standard InChI is InChI=1S/C10H14ClNO2/c1-8(7-13-2)14-10-4-3-9(5-11)12-6-10/h3-4,6,8H,5,7H2,1-2H3. The summed E-state index contributed by atoms with van der Waals surface area (Å²) in [5.74, 6) is 1.16. The van der Waals surface area contributed by atoms with E-state index in [-0.39, 0.29) is 6.10 Å². The molecule has 0 spiro atoms. The summed E-state index contributed by atoms with van der Waals surface area (Å²) in [4.78, 5) is 4.11. The highest BCUT2D eigenvalue weighted by Gasteiger charge is 2.03. The van der Waals surface area contributed by atoms with E-state index in [2.05, 4.69) is 4.98 Å². The number of hydrogen-bond acceptors (Lipinski definition) is 3. The van der Waals surface area contributed by atoms with Crippen LogP contribution in [0.15, 0.2) is 18.3 Å². The molecule has 1 rings (SSSR count). The van der Waals surface area contributed by atoms with Gasteiger partial charge >= 0.3 is 0 Å². The van der Waals surface area contributed by atoms with Crippen LogP contribution in [0.3, 0.4) is 0 Å². The monoisotopic (exact) mass is 215 g/mol. The number of ether oxygens (including phenoxy) is 2. The molecule has 0 aromatic carbocycles. The zero-order valence-corrected chi connectivity index (χ0v) is 9.12. The second-order valence-electron chi connectivity index (χ2n) is 3.00. The molecule has 3 nitrogen and oxygen atoms in total. The first-order valence-electron chi connectivity index (χ1n) is 4.42. The first kappa shape index (κ1) is 11.3. The van der Waals surface area contributed by atoms with E-state index in [4.69, 9.17) is 21.1 Å². The third kappa shape index (κ3) is 3.52. The van der Waals surface area contributed by atoms with Gasteiger partial charge in [-0.1, -0.05) is 0 Å². The molecule has 4 heteroatoms. The fourth-order valence-electron chi connectivity index (χ4n) is 1.06. The zero-order chi connectivity index (χ0) is 10.4. The molecule has 0 aliphatic carbocycles. The summed E-state index contributed by atoms with van der Waals surface area (Å²) < 4.78 is 10.5. The number of aromatic nitrogens is 1. The zero-order valence-electron chi connectivity index (χ0n) is 8.37. The van der Waals surface area contributed by atoms with Crippen LogP contribution in [-0.2, 0) is 10.6 Å². The summed E-state index contributed by atoms with van der Waals surface area (Å²) in [6, 6.07) is 3.71. The molecule has 0 radical (unpaired) electrons. The third-order valence-electron chi connectivity index (χ3n) is 1.67. The lowest BCUT2D eigenvalue weighted by atomic mass is 10.3. The van der Waals surface area contributed by atoms with E-state index in [1.54, 1.807) is 13.3 Å². The Morgan fingerprint density at radius 1 is 1.50 bits per heavy atom. The van der Waals surface area contributed by atoms with E-state index >= 15 is 0 Å². The molecular weight excluding hydrogens is 202 g/mol. The van der Waals surface area contributed by atoms with Gasteiger partial charge < -0.3 is 9.47 Å². The Balaban J connectivity index is 2.50. The van der Waals surface area contributed by atoms with Crippen LogP contribution in [0.2, 0.25) is 0 Å². The van der Waals surface area contributed by atoms with Crippen molar-refractivity contribution >= 4 is 11.6 Å². The predicted octanol–water partition coefficient (Wildman–Crippen LogP) is 2.23. The fourth-order valence-corrected chi connectivity index (χ4v) is 1.22. The van der Waals surface area contributed by atoms with Gasteiger partial charge in [-0.15, -0.1) is 11.6 Å². The Labute approximate surface area is 89.0 Å². The Kier molecular flexibility index (Phi) is 4.70. The van der Waals surface area contributed by atoms with Crippen LogP contribution in [0.5, 0.6) is 5.75 Å². The topological polar surface area (TPSA) is 31.4 Å². The predicted molar refractivity (Wildman–Crippen MR) is 55.8 cm³/mol. The maximum Gasteiger partial charge on any atom is 0.138 e. The van der Waals surface area contributed by atoms with Crippen molar-refractivity contribution in [2.24, 2.45) is 0 Å². The molecule has 0 saturated carbocycles. The second-order valence-corrected chi connectivity index (χ2v) is 3.27. The highest BCUT2D eigenvalue weighted by Crippen LogP contribution is 2.12. The Morgan fingerprint density at radius 2 is 2.29 bits per heavy atom. The number of nitrogens with zero attached hydrogens (tertiary/aromatic N) is 1. The Hall–Kier alpha value is -0.800. The van der Waals surface area contributed by atoms with E-state index in [0.29, 0.717) is 12.5 Å². The number of alkyl halides is 1. The van der Waals surface area contributed by atoms with Crippen molar-refractivity contribution in [3.63, 3.8) is 0 Å². The molecular formula is C10H14ClNO2. The smallest absolute Gasteiger partial charge is 0.138 e. The molecule has 0 N–H and O–H groups in total. The van der Waals surface area contributed by atoms with Gasteiger partial charge in [0.05, 0.1) is 24.4 Å². The molecule has 0 bridgehead atoms. The fraction of sp³-hybridized carbons (Fsp3) is 0.500. The molecule has 0 aliphatic heterocycles. The molecule has 0 aliphatic rings. The van der Waals surface area contributed by atoms with Crippen LogP contribution < -0.4 is 4.74 Å². The van der Waals surface area contributed by atoms with E-state index in [1.807, 2.05) is 19.1 Å². The van der Waals surface area contributed by atoms with Crippen LogP contribution in [0, 0.1) is 0 Å². The van der Waals surface area contributed by atoms with Crippen molar-refractivity contribution in [3.05, 3.63) is 24.0 Å². The van der Waals surface area contributed by atoms with E-state index in [0.717, 1.165) is 11.4 Å². The summed E-state index contributed by atoms with van der Waals surface area (Å²) in [7, 11) is 1.65. The molecule has 0 amide bonds. The van der Waals surface area contributed by atoms with Crippen LogP contribution >= 0.6 is 11.6 Å². The van der Waals surface area contributed by atoms with Crippen molar-refractivity contribution in [3.8, 4) is 5.75 Å². The molecule has 0 fully saturated rings. The highest BCUT2D eigenvalue weighted by atomic mass is 35.5. The van der Waals surface area contributed by atoms with E-state index in [9.17, 15) is 0 Å². The summed E-state index contributed by atoms with van der Waals surface area (Å²) in [6.07, 6.45) is 1.70. The molecule has 1 unspecified atom stereocenters. The molecule has 14 heavy (non-hydrogen) atoms. The van der Waals surface area contributed by atoms with Gasteiger partial charge in [-0.05, 0) is 19.1 Å². The lowest BCUT2D eigenvalue weighted by Gasteiger charge is -2.13. The summed E-state index contributed by atoms with van der Waals surface area (Å²) in [5.41, 5.74) is 0.846. The second kappa shape index (κ2) is 5.83. The Bertz CT molecular complexity index is 263. The molecule has 1 aromatic rings. The number of halogens is 1. The SMILES string of the molecule is COCC(C)Oc1ccc(CCl)nc1. The van der Waals surface area contributed by atoms with Gasteiger partial charge in [0.1, 0.15) is 11.9 Å². The molecule has 1 aromatic heterocycles. The van der Waals surface area contributed by atoms with Crippen molar-refractivity contribution in [2.45, 2.75) is 18.9 Å². The normalized spacial score (nSPS) is 12.5. The molecule has 1 heterocycles. The minimum absolute atomic E-state index is 0.0312. The van der Waals surface area contributed by atoms with Gasteiger partial charge in [-0.2, -0.15) is 0 Å². The first-order chi connectivity index (χ1) is 6.76. The lowest BCUT2D eigenvalue weighted by Crippen LogP contribution is -2.17. The summed E-state index contributed by atoms with van der Waals surface area (Å²) in [5, 5.41) is 0. The Morgan fingerprint density at radius 3 is 2.79 bits per heavy atom. The quantitative estimate of drug-likeness (QED) is 0.706. The van der Waals surface area contributed by atoms with Crippen molar-refractivity contribution in [1.29, 1.82) is 0 Å². The minimum atomic E-state index is 0.0312. The molecule has 78 valence electrons. The van der Waals surface area contributed by atoms with Crippen LogP contribution in [0.1, 0.15) is 12.6 Å². The third-order valence-corrected chi connectivity index (χ3v) is 1.95. The maximum atomic E-state index is 5.61. The number of methoxy groups -OCH3 is 1. The minimum Gasteiger partial charge on any atom is -0.487 e. The molecule has 1 atom stereocenters. The van der Waals surface area contributed by atoms with Gasteiger partial charge in [0.25, 0.3) is 0 Å². The van der Waals surface area contributed by atoms with Crippen molar-refractivity contribution < 1.29 is 9.47 Å². The van der Waals surface area contributed by atoms with Crippen LogP contribution in [0.4, 0.5) is 0 Å². The first-order valence-corrected chi connectivity index (χ1v) is 4.96. The summed E-state index contributed by atoms with van der Waals surface area (Å²) >= 11 is 5.61. The average Bonchev–Trinajstić information content (AvgIpc) is 2.19. The van der Waals surface area contributed by atoms with Crippen LogP contribution in [0.25, 0.3) is 0 Å². The van der Waals surface area contributed by atoms with Gasteiger partial charge in [0.2, 0.25) is 0 Å². The van der Waals surface area contributed by atoms with Gasteiger partial charge in [0.15, 0.2) is 0 Å². The van der Waals surface area contributed by atoms with Gasteiger partial charge in [0, 0.05) is 7.11 Å². The maximum absolute atomic E-state index is 5.61. The van der Waals surface area contributed by atoms with Crippen molar-refractivity contribution in [2.75, 3.05) is 13.7 Å². The van der Waals surface area contributed by atoms with Crippen molar-refractivity contribution in [1.82, 2.24) is 4.98 Å². The molecule has 0 saturated heterocycles. The van der Waals surface area contributed by atoms with Gasteiger partial charge in [-0.25, -0.2) is 0 Å². The van der Waals surface area contributed by atoms with E-state index < -0.39 is 0 Å².